The van der Waals surface area contributed by atoms with Crippen molar-refractivity contribution < 1.29 is 26.4 Å². The van der Waals surface area contributed by atoms with Crippen LogP contribution in [0.1, 0.15) is 38.2 Å². The van der Waals surface area contributed by atoms with Gasteiger partial charge in [0.2, 0.25) is 10.0 Å². The lowest BCUT2D eigenvalue weighted by Crippen LogP contribution is -2.37. The largest absolute Gasteiger partial charge is 0.491 e. The smallest absolute Gasteiger partial charge is 0.243 e. The molecule has 1 fully saturated rings. The van der Waals surface area contributed by atoms with Crippen LogP contribution in [0.2, 0.25) is 0 Å². The number of hydrogen-bond donors (Lipinski definition) is 0. The Kier molecular flexibility index (Phi) is 7.03. The van der Waals surface area contributed by atoms with Gasteiger partial charge in [-0.25, -0.2) is 21.8 Å². The van der Waals surface area contributed by atoms with Gasteiger partial charge in [0, 0.05) is 30.9 Å². The van der Waals surface area contributed by atoms with E-state index in [-0.39, 0.29) is 28.5 Å². The van der Waals surface area contributed by atoms with Gasteiger partial charge in [-0.15, -0.1) is 0 Å². The first kappa shape index (κ1) is 25.3. The van der Waals surface area contributed by atoms with Crippen LogP contribution in [0, 0.1) is 0 Å². The number of ether oxygens (including phenoxy) is 1. The molecule has 0 spiro atoms. The van der Waals surface area contributed by atoms with E-state index in [0.717, 1.165) is 23.5 Å². The van der Waals surface area contributed by atoms with Crippen molar-refractivity contribution in [2.75, 3.05) is 19.3 Å². The van der Waals surface area contributed by atoms with Crippen LogP contribution < -0.4 is 4.74 Å². The molecule has 1 aliphatic heterocycles. The van der Waals surface area contributed by atoms with Gasteiger partial charge in [0.25, 0.3) is 0 Å². The third-order valence-corrected chi connectivity index (χ3v) is 9.01. The van der Waals surface area contributed by atoms with E-state index in [4.69, 9.17) is 4.74 Å². The molecule has 0 amide bonds. The van der Waals surface area contributed by atoms with Gasteiger partial charge in [-0.2, -0.15) is 4.31 Å². The predicted molar refractivity (Wildman–Crippen MR) is 132 cm³/mol. The first-order chi connectivity index (χ1) is 16.5. The Morgan fingerprint density at radius 1 is 1.06 bits per heavy atom. The Bertz CT molecular complexity index is 1440. The second kappa shape index (κ2) is 9.71. The SMILES string of the molecule is CC(C)Oc1ccc(S(=O)(=O)N2CCC(c3cn(CC=O)c4nc(S(C)(=O)=O)ccc34)CC2)cc1. The van der Waals surface area contributed by atoms with Gasteiger partial charge < -0.3 is 14.1 Å². The van der Waals surface area contributed by atoms with Gasteiger partial charge in [0.15, 0.2) is 14.9 Å². The highest BCUT2D eigenvalue weighted by Crippen LogP contribution is 2.36. The molecule has 11 heteroatoms. The van der Waals surface area contributed by atoms with E-state index in [0.29, 0.717) is 37.3 Å². The van der Waals surface area contributed by atoms with Crippen LogP contribution in [0.25, 0.3) is 11.0 Å². The third-order valence-electron chi connectivity index (χ3n) is 6.11. The summed E-state index contributed by atoms with van der Waals surface area (Å²) in [6.45, 7) is 4.58. The molecule has 1 aromatic carbocycles. The minimum atomic E-state index is -3.63. The molecule has 188 valence electrons. The lowest BCUT2D eigenvalue weighted by Gasteiger charge is -2.31. The zero-order valence-corrected chi connectivity index (χ0v) is 21.5. The molecule has 0 bridgehead atoms. The van der Waals surface area contributed by atoms with Crippen molar-refractivity contribution in [3.05, 3.63) is 48.2 Å². The number of aromatic nitrogens is 2. The molecule has 0 aliphatic carbocycles. The first-order valence-corrected chi connectivity index (χ1v) is 14.7. The fourth-order valence-corrected chi connectivity index (χ4v) is 6.48. The minimum Gasteiger partial charge on any atom is -0.491 e. The molecule has 3 aromatic rings. The van der Waals surface area contributed by atoms with E-state index in [2.05, 4.69) is 4.98 Å². The van der Waals surface area contributed by atoms with E-state index in [1.165, 1.54) is 10.4 Å². The normalized spacial score (nSPS) is 16.1. The van der Waals surface area contributed by atoms with Gasteiger partial charge in [-0.1, -0.05) is 0 Å². The molecule has 0 radical (unpaired) electrons. The Balaban J connectivity index is 1.55. The second-order valence-corrected chi connectivity index (χ2v) is 12.9. The molecule has 3 heterocycles. The van der Waals surface area contributed by atoms with E-state index in [9.17, 15) is 21.6 Å². The van der Waals surface area contributed by atoms with Crippen molar-refractivity contribution in [3.63, 3.8) is 0 Å². The van der Waals surface area contributed by atoms with Crippen LogP contribution in [0.5, 0.6) is 5.75 Å². The summed E-state index contributed by atoms with van der Waals surface area (Å²) in [5, 5.41) is 0.730. The number of piperidine rings is 1. The van der Waals surface area contributed by atoms with Crippen molar-refractivity contribution in [3.8, 4) is 5.75 Å². The maximum Gasteiger partial charge on any atom is 0.243 e. The van der Waals surface area contributed by atoms with Crippen molar-refractivity contribution >= 4 is 37.2 Å². The molecule has 4 rings (SSSR count). The highest BCUT2D eigenvalue weighted by Gasteiger charge is 2.31. The fraction of sp³-hybridized carbons (Fsp3) is 0.417. The van der Waals surface area contributed by atoms with Gasteiger partial charge in [0.1, 0.15) is 17.7 Å². The van der Waals surface area contributed by atoms with E-state index in [1.807, 2.05) is 20.0 Å². The third kappa shape index (κ3) is 5.26. The molecular weight excluding hydrogens is 490 g/mol. The quantitative estimate of drug-likeness (QED) is 0.420. The van der Waals surface area contributed by atoms with Crippen molar-refractivity contribution in [2.45, 2.75) is 55.2 Å². The summed E-state index contributed by atoms with van der Waals surface area (Å²) in [7, 11) is -7.13. The van der Waals surface area contributed by atoms with Gasteiger partial charge in [-0.05, 0) is 74.6 Å². The Morgan fingerprint density at radius 3 is 2.29 bits per heavy atom. The van der Waals surface area contributed by atoms with Crippen LogP contribution in [0.4, 0.5) is 0 Å². The van der Waals surface area contributed by atoms with Gasteiger partial charge in [-0.3, -0.25) is 0 Å². The summed E-state index contributed by atoms with van der Waals surface area (Å²) < 4.78 is 59.0. The number of nitrogens with zero attached hydrogens (tertiary/aromatic N) is 3. The second-order valence-electron chi connectivity index (χ2n) is 9.01. The molecule has 2 aromatic heterocycles. The number of carbonyl (C=O) groups excluding carboxylic acids is 1. The molecule has 0 saturated carbocycles. The number of benzene rings is 1. The van der Waals surface area contributed by atoms with Crippen LogP contribution >= 0.6 is 0 Å². The summed E-state index contributed by atoms with van der Waals surface area (Å²) in [6, 6.07) is 9.66. The molecule has 0 unspecified atom stereocenters. The molecular formula is C24H29N3O6S2. The van der Waals surface area contributed by atoms with Crippen molar-refractivity contribution in [2.24, 2.45) is 0 Å². The molecule has 0 atom stereocenters. The average molecular weight is 520 g/mol. The maximum absolute atomic E-state index is 13.2. The zero-order valence-electron chi connectivity index (χ0n) is 19.9. The van der Waals surface area contributed by atoms with Crippen LogP contribution in [-0.2, 0) is 31.2 Å². The molecule has 1 saturated heterocycles. The number of pyridine rings is 1. The summed E-state index contributed by atoms with van der Waals surface area (Å²) in [4.78, 5) is 15.7. The number of fused-ring (bicyclic) bond motifs is 1. The Hall–Kier alpha value is -2.76. The Labute approximate surface area is 205 Å². The average Bonchev–Trinajstić information content (AvgIpc) is 3.17. The van der Waals surface area contributed by atoms with Crippen molar-refractivity contribution in [1.82, 2.24) is 13.9 Å². The maximum atomic E-state index is 13.2. The number of sulfonamides is 1. The lowest BCUT2D eigenvalue weighted by molar-refractivity contribution is -0.108. The highest BCUT2D eigenvalue weighted by molar-refractivity contribution is 7.90. The van der Waals surface area contributed by atoms with Gasteiger partial charge in [0.05, 0.1) is 17.5 Å². The fourth-order valence-electron chi connectivity index (χ4n) is 4.44. The number of carbonyl (C=O) groups is 1. The summed E-state index contributed by atoms with van der Waals surface area (Å²) in [6.07, 6.45) is 4.87. The monoisotopic (exact) mass is 519 g/mol. The lowest BCUT2D eigenvalue weighted by atomic mass is 9.90. The standard InChI is InChI=1S/C24H29N3O6S2/c1-17(2)33-19-4-6-20(7-5-19)35(31,32)27-12-10-18(11-13-27)22-16-26(14-15-28)24-21(22)8-9-23(25-24)34(3,29)30/h4-9,15-18H,10-14H2,1-3H3. The Morgan fingerprint density at radius 2 is 1.71 bits per heavy atom. The van der Waals surface area contributed by atoms with Crippen LogP contribution in [0.15, 0.2) is 52.5 Å². The molecule has 0 N–H and O–H groups in total. The van der Waals surface area contributed by atoms with Gasteiger partial charge >= 0.3 is 0 Å². The summed E-state index contributed by atoms with van der Waals surface area (Å²) in [5.41, 5.74) is 1.38. The zero-order chi connectivity index (χ0) is 25.4. The molecule has 9 nitrogen and oxygen atoms in total. The number of aldehydes is 1. The summed E-state index contributed by atoms with van der Waals surface area (Å²) >= 11 is 0. The van der Waals surface area contributed by atoms with E-state index in [1.54, 1.807) is 34.9 Å². The predicted octanol–water partition coefficient (Wildman–Crippen LogP) is 2.99. The summed E-state index contributed by atoms with van der Waals surface area (Å²) in [5.74, 6) is 0.682. The van der Waals surface area contributed by atoms with E-state index < -0.39 is 19.9 Å². The number of sulfone groups is 1. The number of rotatable bonds is 8. The van der Waals surface area contributed by atoms with Crippen molar-refractivity contribution in [1.29, 1.82) is 0 Å². The first-order valence-electron chi connectivity index (χ1n) is 11.4. The minimum absolute atomic E-state index is 0.00197. The van der Waals surface area contributed by atoms with E-state index >= 15 is 0 Å². The molecule has 1 aliphatic rings. The number of hydrogen-bond acceptors (Lipinski definition) is 7. The van der Waals surface area contributed by atoms with Crippen LogP contribution in [-0.4, -0.2) is 62.4 Å². The topological polar surface area (TPSA) is 116 Å². The van der Waals surface area contributed by atoms with Crippen LogP contribution in [0.3, 0.4) is 0 Å². The highest BCUT2D eigenvalue weighted by atomic mass is 32.2. The molecule has 35 heavy (non-hydrogen) atoms.